The summed E-state index contributed by atoms with van der Waals surface area (Å²) < 4.78 is 3.81. The Morgan fingerprint density at radius 2 is 2.25 bits per heavy atom. The van der Waals surface area contributed by atoms with Gasteiger partial charge in [0.25, 0.3) is 5.91 Å². The number of aryl methyl sites for hydroxylation is 2. The van der Waals surface area contributed by atoms with Crippen molar-refractivity contribution in [1.29, 1.82) is 0 Å². The lowest BCUT2D eigenvalue weighted by Gasteiger charge is -2.06. The van der Waals surface area contributed by atoms with Gasteiger partial charge in [0.2, 0.25) is 0 Å². The summed E-state index contributed by atoms with van der Waals surface area (Å²) in [5.41, 5.74) is 3.03. The van der Waals surface area contributed by atoms with Crippen molar-refractivity contribution in [2.45, 2.75) is 33.4 Å². The average Bonchev–Trinajstić information content (AvgIpc) is 3.28. The molecule has 1 amide bonds. The number of H-pyrrole nitrogens is 1. The largest absolute Gasteiger partial charge is 0.343 e. The zero-order chi connectivity index (χ0) is 17.1. The van der Waals surface area contributed by atoms with Crippen LogP contribution in [-0.2, 0) is 20.1 Å². The van der Waals surface area contributed by atoms with Gasteiger partial charge in [0.1, 0.15) is 11.5 Å². The average molecular weight is 327 g/mol. The Morgan fingerprint density at radius 3 is 2.96 bits per heavy atom. The summed E-state index contributed by atoms with van der Waals surface area (Å²) in [6, 6.07) is 1.73. The lowest BCUT2D eigenvalue weighted by Crippen LogP contribution is -2.25. The quantitative estimate of drug-likeness (QED) is 0.720. The number of carbonyl (C=O) groups excluding carboxylic acids is 1. The number of hydrogen-bond donors (Lipinski definition) is 2. The van der Waals surface area contributed by atoms with E-state index in [0.717, 1.165) is 30.0 Å². The first-order chi connectivity index (χ1) is 11.6. The van der Waals surface area contributed by atoms with Crippen LogP contribution in [0.5, 0.6) is 0 Å². The summed E-state index contributed by atoms with van der Waals surface area (Å²) in [7, 11) is 1.87. The van der Waals surface area contributed by atoms with E-state index in [9.17, 15) is 4.79 Å². The molecular formula is C16H21N7O. The number of hydrogen-bond acceptors (Lipinski definition) is 4. The van der Waals surface area contributed by atoms with E-state index in [1.54, 1.807) is 23.1 Å². The van der Waals surface area contributed by atoms with Crippen LogP contribution < -0.4 is 5.32 Å². The molecule has 0 saturated carbocycles. The van der Waals surface area contributed by atoms with E-state index < -0.39 is 0 Å². The number of rotatable bonds is 6. The van der Waals surface area contributed by atoms with E-state index in [1.807, 2.05) is 24.7 Å². The standard InChI is InChI=1S/C16H21N7O/c1-4-6-23-7-5-17-15(23)10-18-16(24)14-8-13(20-21-14)12-9-19-22(3)11(12)2/h5,7-9H,4,6,10H2,1-3H3,(H,18,24)(H,20,21). The first-order valence-electron chi connectivity index (χ1n) is 7.92. The Balaban J connectivity index is 1.68. The van der Waals surface area contributed by atoms with E-state index in [2.05, 4.69) is 32.5 Å². The topological polar surface area (TPSA) is 93.4 Å². The van der Waals surface area contributed by atoms with Crippen molar-refractivity contribution in [3.63, 3.8) is 0 Å². The predicted molar refractivity (Wildman–Crippen MR) is 89.2 cm³/mol. The first kappa shape index (κ1) is 16.0. The van der Waals surface area contributed by atoms with Crippen LogP contribution in [-0.4, -0.2) is 35.4 Å². The Bertz CT molecular complexity index is 842. The molecule has 0 aliphatic rings. The van der Waals surface area contributed by atoms with E-state index in [4.69, 9.17) is 0 Å². The fraction of sp³-hybridized carbons (Fsp3) is 0.375. The predicted octanol–water partition coefficient (Wildman–Crippen LogP) is 1.66. The molecule has 24 heavy (non-hydrogen) atoms. The van der Waals surface area contributed by atoms with Gasteiger partial charge in [-0.05, 0) is 19.4 Å². The molecule has 0 saturated heterocycles. The zero-order valence-corrected chi connectivity index (χ0v) is 14.1. The van der Waals surface area contributed by atoms with E-state index in [-0.39, 0.29) is 5.91 Å². The summed E-state index contributed by atoms with van der Waals surface area (Å²) in [4.78, 5) is 16.6. The molecule has 0 fully saturated rings. The minimum absolute atomic E-state index is 0.207. The number of nitrogens with one attached hydrogen (secondary N) is 2. The van der Waals surface area contributed by atoms with Gasteiger partial charge in [-0.2, -0.15) is 10.2 Å². The molecule has 0 aromatic carbocycles. The van der Waals surface area contributed by atoms with Crippen molar-refractivity contribution in [2.75, 3.05) is 0 Å². The molecule has 0 atom stereocenters. The van der Waals surface area contributed by atoms with Gasteiger partial charge in [-0.15, -0.1) is 0 Å². The third kappa shape index (κ3) is 3.08. The van der Waals surface area contributed by atoms with Gasteiger partial charge in [-0.1, -0.05) is 6.92 Å². The molecule has 3 heterocycles. The normalized spacial score (nSPS) is 11.0. The molecule has 0 unspecified atom stereocenters. The molecule has 0 bridgehead atoms. The van der Waals surface area contributed by atoms with Crippen LogP contribution in [0.1, 0.15) is 35.4 Å². The summed E-state index contributed by atoms with van der Waals surface area (Å²) in [5.74, 6) is 0.634. The molecule has 8 nitrogen and oxygen atoms in total. The van der Waals surface area contributed by atoms with Crippen molar-refractivity contribution in [3.05, 3.63) is 41.9 Å². The number of aromatic amines is 1. The van der Waals surface area contributed by atoms with E-state index in [0.29, 0.717) is 17.9 Å². The third-order valence-electron chi connectivity index (χ3n) is 4.01. The molecule has 8 heteroatoms. The van der Waals surface area contributed by atoms with Crippen molar-refractivity contribution in [2.24, 2.45) is 7.05 Å². The second kappa shape index (κ2) is 6.69. The van der Waals surface area contributed by atoms with Gasteiger partial charge in [0.05, 0.1) is 18.4 Å². The number of aromatic nitrogens is 6. The van der Waals surface area contributed by atoms with Crippen molar-refractivity contribution in [1.82, 2.24) is 34.8 Å². The third-order valence-corrected chi connectivity index (χ3v) is 4.01. The maximum absolute atomic E-state index is 12.3. The minimum Gasteiger partial charge on any atom is -0.343 e. The molecule has 126 valence electrons. The Kier molecular flexibility index (Phi) is 4.45. The molecule has 3 aromatic heterocycles. The first-order valence-corrected chi connectivity index (χ1v) is 7.92. The maximum Gasteiger partial charge on any atom is 0.269 e. The highest BCUT2D eigenvalue weighted by Crippen LogP contribution is 2.20. The smallest absolute Gasteiger partial charge is 0.269 e. The second-order valence-electron chi connectivity index (χ2n) is 5.65. The van der Waals surface area contributed by atoms with Crippen LogP contribution in [0.3, 0.4) is 0 Å². The lowest BCUT2D eigenvalue weighted by atomic mass is 10.2. The summed E-state index contributed by atoms with van der Waals surface area (Å²) >= 11 is 0. The zero-order valence-electron chi connectivity index (χ0n) is 14.1. The lowest BCUT2D eigenvalue weighted by molar-refractivity contribution is 0.0944. The molecule has 3 aromatic rings. The van der Waals surface area contributed by atoms with Crippen molar-refractivity contribution < 1.29 is 4.79 Å². The summed E-state index contributed by atoms with van der Waals surface area (Å²) in [6.07, 6.45) is 6.43. The molecule has 0 radical (unpaired) electrons. The highest BCUT2D eigenvalue weighted by molar-refractivity contribution is 5.93. The highest BCUT2D eigenvalue weighted by atomic mass is 16.1. The molecular weight excluding hydrogens is 306 g/mol. The van der Waals surface area contributed by atoms with Crippen LogP contribution in [0.4, 0.5) is 0 Å². The number of imidazole rings is 1. The van der Waals surface area contributed by atoms with Crippen molar-refractivity contribution in [3.8, 4) is 11.3 Å². The Morgan fingerprint density at radius 1 is 1.42 bits per heavy atom. The second-order valence-corrected chi connectivity index (χ2v) is 5.65. The summed E-state index contributed by atoms with van der Waals surface area (Å²) in [5, 5.41) is 14.1. The Labute approximate surface area is 139 Å². The van der Waals surface area contributed by atoms with Crippen LogP contribution in [0, 0.1) is 6.92 Å². The number of carbonyl (C=O) groups is 1. The van der Waals surface area contributed by atoms with Crippen LogP contribution in [0.25, 0.3) is 11.3 Å². The van der Waals surface area contributed by atoms with Crippen LogP contribution in [0.2, 0.25) is 0 Å². The van der Waals surface area contributed by atoms with Crippen LogP contribution in [0.15, 0.2) is 24.7 Å². The van der Waals surface area contributed by atoms with Gasteiger partial charge < -0.3 is 9.88 Å². The molecule has 3 rings (SSSR count). The number of amides is 1. The highest BCUT2D eigenvalue weighted by Gasteiger charge is 2.14. The maximum atomic E-state index is 12.3. The number of nitrogens with zero attached hydrogens (tertiary/aromatic N) is 5. The van der Waals surface area contributed by atoms with Gasteiger partial charge >= 0.3 is 0 Å². The van der Waals surface area contributed by atoms with E-state index in [1.165, 1.54) is 0 Å². The van der Waals surface area contributed by atoms with E-state index >= 15 is 0 Å². The summed E-state index contributed by atoms with van der Waals surface area (Å²) in [6.45, 7) is 5.34. The minimum atomic E-state index is -0.207. The van der Waals surface area contributed by atoms with Gasteiger partial charge in [0, 0.05) is 37.2 Å². The molecule has 0 spiro atoms. The van der Waals surface area contributed by atoms with Gasteiger partial charge in [0.15, 0.2) is 0 Å². The van der Waals surface area contributed by atoms with Crippen molar-refractivity contribution >= 4 is 5.91 Å². The van der Waals surface area contributed by atoms with Gasteiger partial charge in [-0.25, -0.2) is 4.98 Å². The molecule has 2 N–H and O–H groups in total. The van der Waals surface area contributed by atoms with Gasteiger partial charge in [-0.3, -0.25) is 14.6 Å². The monoisotopic (exact) mass is 327 g/mol. The molecule has 0 aliphatic heterocycles. The SMILES string of the molecule is CCCn1ccnc1CNC(=O)c1cc(-c2cnn(C)c2C)n[nH]1. The fourth-order valence-corrected chi connectivity index (χ4v) is 2.53. The Hall–Kier alpha value is -2.90. The molecule has 0 aliphatic carbocycles. The fourth-order valence-electron chi connectivity index (χ4n) is 2.53. The van der Waals surface area contributed by atoms with Crippen LogP contribution >= 0.6 is 0 Å².